The minimum absolute atomic E-state index is 0.0336. The van der Waals surface area contributed by atoms with Crippen LogP contribution < -0.4 is 10.1 Å². The summed E-state index contributed by atoms with van der Waals surface area (Å²) in [6.07, 6.45) is 3.26. The first-order chi connectivity index (χ1) is 12.3. The van der Waals surface area contributed by atoms with E-state index in [1.54, 1.807) is 11.3 Å². The van der Waals surface area contributed by atoms with Crippen molar-refractivity contribution in [3.8, 4) is 16.9 Å². The molecule has 0 radical (unpaired) electrons. The second kappa shape index (κ2) is 7.07. The van der Waals surface area contributed by atoms with Crippen LogP contribution in [0, 0.1) is 0 Å². The number of para-hydroxylation sites is 1. The van der Waals surface area contributed by atoms with Crippen molar-refractivity contribution >= 4 is 22.4 Å². The molecule has 0 atom stereocenters. The molecule has 2 aromatic carbocycles. The number of rotatable bonds is 5. The summed E-state index contributed by atoms with van der Waals surface area (Å²) in [5.74, 6) is 0.515. The molecule has 1 N–H and O–H groups in total. The second-order valence-electron chi connectivity index (χ2n) is 5.94. The number of aromatic nitrogens is 1. The van der Waals surface area contributed by atoms with Crippen LogP contribution in [0.3, 0.4) is 0 Å². The van der Waals surface area contributed by atoms with Gasteiger partial charge in [0, 0.05) is 10.4 Å². The molecule has 0 bridgehead atoms. The highest BCUT2D eigenvalue weighted by Gasteiger charge is 2.18. The summed E-state index contributed by atoms with van der Waals surface area (Å²) >= 11 is 1.57. The van der Waals surface area contributed by atoms with Crippen molar-refractivity contribution < 1.29 is 9.53 Å². The molecule has 4 rings (SSSR count). The summed E-state index contributed by atoms with van der Waals surface area (Å²) in [6.45, 7) is -0.0336. The Morgan fingerprint density at radius 1 is 1.08 bits per heavy atom. The van der Waals surface area contributed by atoms with Gasteiger partial charge in [0.05, 0.1) is 5.69 Å². The predicted octanol–water partition coefficient (Wildman–Crippen LogP) is 4.32. The van der Waals surface area contributed by atoms with Crippen LogP contribution in [-0.4, -0.2) is 17.5 Å². The van der Waals surface area contributed by atoms with Gasteiger partial charge in [-0.1, -0.05) is 48.5 Å². The molecule has 0 saturated carbocycles. The third-order valence-corrected chi connectivity index (χ3v) is 5.25. The first-order valence-corrected chi connectivity index (χ1v) is 9.17. The van der Waals surface area contributed by atoms with E-state index in [0.717, 1.165) is 29.7 Å². The summed E-state index contributed by atoms with van der Waals surface area (Å²) in [6, 6.07) is 17.8. The van der Waals surface area contributed by atoms with Crippen LogP contribution in [0.25, 0.3) is 11.1 Å². The predicted molar refractivity (Wildman–Crippen MR) is 100 cm³/mol. The van der Waals surface area contributed by atoms with Crippen molar-refractivity contribution in [2.24, 2.45) is 0 Å². The first kappa shape index (κ1) is 15.8. The van der Waals surface area contributed by atoms with Crippen molar-refractivity contribution in [1.82, 2.24) is 4.98 Å². The number of nitrogens with zero attached hydrogens (tertiary/aromatic N) is 1. The van der Waals surface area contributed by atoms with Crippen LogP contribution in [0.4, 0.5) is 5.13 Å². The lowest BCUT2D eigenvalue weighted by Crippen LogP contribution is -2.20. The number of carbonyl (C=O) groups excluding carboxylic acids is 1. The highest BCUT2D eigenvalue weighted by molar-refractivity contribution is 7.15. The molecule has 1 aliphatic rings. The van der Waals surface area contributed by atoms with Gasteiger partial charge < -0.3 is 4.74 Å². The Labute approximate surface area is 150 Å². The Balaban J connectivity index is 1.42. The highest BCUT2D eigenvalue weighted by atomic mass is 32.1. The molecule has 5 heteroatoms. The molecule has 0 fully saturated rings. The number of fused-ring (bicyclic) bond motifs is 1. The topological polar surface area (TPSA) is 51.2 Å². The maximum absolute atomic E-state index is 12.2. The van der Waals surface area contributed by atoms with E-state index in [4.69, 9.17) is 4.74 Å². The Hall–Kier alpha value is -2.66. The van der Waals surface area contributed by atoms with Crippen LogP contribution in [0.5, 0.6) is 5.75 Å². The molecule has 1 aromatic heterocycles. The van der Waals surface area contributed by atoms with Crippen molar-refractivity contribution in [1.29, 1.82) is 0 Å². The van der Waals surface area contributed by atoms with Gasteiger partial charge in [0.2, 0.25) is 0 Å². The van der Waals surface area contributed by atoms with E-state index < -0.39 is 0 Å². The Bertz CT molecular complexity index is 868. The van der Waals surface area contributed by atoms with Gasteiger partial charge in [0.1, 0.15) is 5.75 Å². The fraction of sp³-hybridized carbons (Fsp3) is 0.200. The fourth-order valence-corrected chi connectivity index (χ4v) is 4.06. The summed E-state index contributed by atoms with van der Waals surface area (Å²) in [7, 11) is 0. The number of benzene rings is 2. The fourth-order valence-electron chi connectivity index (χ4n) is 2.99. The van der Waals surface area contributed by atoms with Crippen molar-refractivity contribution in [2.45, 2.75) is 19.3 Å². The maximum atomic E-state index is 12.2. The average Bonchev–Trinajstić information content (AvgIpc) is 3.22. The van der Waals surface area contributed by atoms with E-state index in [9.17, 15) is 4.79 Å². The van der Waals surface area contributed by atoms with Gasteiger partial charge >= 0.3 is 0 Å². The molecule has 0 aliphatic heterocycles. The number of ether oxygens (including phenoxy) is 1. The zero-order valence-corrected chi connectivity index (χ0v) is 14.5. The summed E-state index contributed by atoms with van der Waals surface area (Å²) < 4.78 is 5.77. The molecule has 126 valence electrons. The van der Waals surface area contributed by atoms with Gasteiger partial charge in [-0.05, 0) is 30.9 Å². The molecule has 1 amide bonds. The molecule has 25 heavy (non-hydrogen) atoms. The van der Waals surface area contributed by atoms with Gasteiger partial charge in [-0.25, -0.2) is 4.98 Å². The van der Waals surface area contributed by atoms with E-state index in [1.165, 1.54) is 11.3 Å². The van der Waals surface area contributed by atoms with Crippen molar-refractivity contribution in [3.05, 3.63) is 65.2 Å². The smallest absolute Gasteiger partial charge is 0.264 e. The number of hydrogen-bond acceptors (Lipinski definition) is 4. The number of thiazole rings is 1. The Morgan fingerprint density at radius 2 is 1.88 bits per heavy atom. The average molecular weight is 350 g/mol. The zero-order chi connectivity index (χ0) is 17.1. The Kier molecular flexibility index (Phi) is 4.48. The number of hydrogen-bond donors (Lipinski definition) is 1. The van der Waals surface area contributed by atoms with Crippen molar-refractivity contribution in [3.63, 3.8) is 0 Å². The third kappa shape index (κ3) is 3.56. The quantitative estimate of drug-likeness (QED) is 0.746. The van der Waals surface area contributed by atoms with Gasteiger partial charge in [0.25, 0.3) is 5.91 Å². The standard InChI is InChI=1S/C20H18N2O2S/c23-19(22-20-21-16-10-6-12-18(16)25-20)13-24-17-11-5-4-9-15(17)14-7-2-1-3-8-14/h1-5,7-9,11H,6,10,12-13H2,(H,21,22,23). The minimum atomic E-state index is -0.185. The number of aryl methyl sites for hydroxylation is 2. The summed E-state index contributed by atoms with van der Waals surface area (Å²) in [5.41, 5.74) is 3.18. The van der Waals surface area contributed by atoms with Gasteiger partial charge in [0.15, 0.2) is 11.7 Å². The molecular weight excluding hydrogens is 332 g/mol. The van der Waals surface area contributed by atoms with Crippen LogP contribution in [0.15, 0.2) is 54.6 Å². The molecule has 0 saturated heterocycles. The summed E-state index contributed by atoms with van der Waals surface area (Å²) in [5, 5.41) is 3.52. The molecule has 4 nitrogen and oxygen atoms in total. The first-order valence-electron chi connectivity index (χ1n) is 8.35. The largest absolute Gasteiger partial charge is 0.483 e. The molecule has 0 spiro atoms. The molecular formula is C20H18N2O2S. The lowest BCUT2D eigenvalue weighted by molar-refractivity contribution is -0.118. The van der Waals surface area contributed by atoms with Crippen LogP contribution in [0.1, 0.15) is 17.0 Å². The van der Waals surface area contributed by atoms with E-state index in [-0.39, 0.29) is 12.5 Å². The second-order valence-corrected chi connectivity index (χ2v) is 7.03. The lowest BCUT2D eigenvalue weighted by atomic mass is 10.1. The lowest BCUT2D eigenvalue weighted by Gasteiger charge is -2.11. The normalized spacial score (nSPS) is 12.6. The summed E-state index contributed by atoms with van der Waals surface area (Å²) in [4.78, 5) is 18.0. The van der Waals surface area contributed by atoms with Crippen LogP contribution in [0.2, 0.25) is 0 Å². The number of carbonyl (C=O) groups is 1. The highest BCUT2D eigenvalue weighted by Crippen LogP contribution is 2.31. The SMILES string of the molecule is O=C(COc1ccccc1-c1ccccc1)Nc1nc2c(s1)CCC2. The Morgan fingerprint density at radius 3 is 2.72 bits per heavy atom. The zero-order valence-electron chi connectivity index (χ0n) is 13.7. The molecule has 1 aliphatic carbocycles. The molecule has 1 heterocycles. The monoisotopic (exact) mass is 350 g/mol. The number of nitrogens with one attached hydrogen (secondary N) is 1. The van der Waals surface area contributed by atoms with Crippen LogP contribution >= 0.6 is 11.3 Å². The van der Waals surface area contributed by atoms with Gasteiger partial charge in [-0.2, -0.15) is 0 Å². The van der Waals surface area contributed by atoms with Gasteiger partial charge in [-0.15, -0.1) is 11.3 Å². The van der Waals surface area contributed by atoms with Crippen molar-refractivity contribution in [2.75, 3.05) is 11.9 Å². The van der Waals surface area contributed by atoms with E-state index in [1.807, 2.05) is 54.6 Å². The molecule has 0 unspecified atom stereocenters. The van der Waals surface area contributed by atoms with E-state index in [2.05, 4.69) is 10.3 Å². The van der Waals surface area contributed by atoms with E-state index >= 15 is 0 Å². The van der Waals surface area contributed by atoms with Gasteiger partial charge in [-0.3, -0.25) is 10.1 Å². The minimum Gasteiger partial charge on any atom is -0.483 e. The molecule has 3 aromatic rings. The maximum Gasteiger partial charge on any atom is 0.264 e. The number of anilines is 1. The van der Waals surface area contributed by atoms with Crippen LogP contribution in [-0.2, 0) is 17.6 Å². The third-order valence-electron chi connectivity index (χ3n) is 4.17. The number of amides is 1. The van der Waals surface area contributed by atoms with E-state index in [0.29, 0.717) is 10.9 Å².